The first kappa shape index (κ1) is 18.6. The van der Waals surface area contributed by atoms with Crippen molar-refractivity contribution in [1.82, 2.24) is 5.32 Å². The van der Waals surface area contributed by atoms with E-state index < -0.39 is 12.1 Å². The Balaban J connectivity index is 1.80. The van der Waals surface area contributed by atoms with Gasteiger partial charge in [0, 0.05) is 16.5 Å². The Labute approximate surface area is 151 Å². The second-order valence-corrected chi connectivity index (χ2v) is 6.38. The molecule has 2 atom stereocenters. The molecule has 0 aromatic heterocycles. The van der Waals surface area contributed by atoms with Gasteiger partial charge in [0.15, 0.2) is 6.61 Å². The summed E-state index contributed by atoms with van der Waals surface area (Å²) in [5.41, 5.74) is 1.01. The molecule has 2 N–H and O–H groups in total. The Hall–Kier alpha value is -1.75. The van der Waals surface area contributed by atoms with E-state index in [1.165, 1.54) is 0 Å². The van der Waals surface area contributed by atoms with Gasteiger partial charge in [-0.2, -0.15) is 0 Å². The fourth-order valence-electron chi connectivity index (χ4n) is 2.18. The molecule has 0 unspecified atom stereocenters. The smallest absolute Gasteiger partial charge is 0.258 e. The zero-order chi connectivity index (χ0) is 17.5. The van der Waals surface area contributed by atoms with Gasteiger partial charge < -0.3 is 15.2 Å². The molecule has 128 valence electrons. The average Bonchev–Trinajstić information content (AvgIpc) is 2.53. The molecule has 0 heterocycles. The number of ether oxygens (including phenoxy) is 1. The number of aliphatic hydroxyl groups excluding tert-OH is 1. The summed E-state index contributed by atoms with van der Waals surface area (Å²) in [7, 11) is 0. The van der Waals surface area contributed by atoms with Gasteiger partial charge in [-0.05, 0) is 30.7 Å². The van der Waals surface area contributed by atoms with Crippen LogP contribution in [0.5, 0.6) is 5.75 Å². The number of aliphatic hydroxyl groups is 1. The topological polar surface area (TPSA) is 58.6 Å². The third-order valence-electron chi connectivity index (χ3n) is 3.46. The molecule has 4 nitrogen and oxygen atoms in total. The van der Waals surface area contributed by atoms with Gasteiger partial charge in [0.2, 0.25) is 0 Å². The highest BCUT2D eigenvalue weighted by Crippen LogP contribution is 2.24. The quantitative estimate of drug-likeness (QED) is 0.787. The van der Waals surface area contributed by atoms with Gasteiger partial charge in [-0.25, -0.2) is 0 Å². The number of carbonyl (C=O) groups is 1. The maximum Gasteiger partial charge on any atom is 0.258 e. The summed E-state index contributed by atoms with van der Waals surface area (Å²) in [6, 6.07) is 13.9. The molecule has 0 aliphatic rings. The highest BCUT2D eigenvalue weighted by molar-refractivity contribution is 6.34. The summed E-state index contributed by atoms with van der Waals surface area (Å²) in [5, 5.41) is 13.8. The summed E-state index contributed by atoms with van der Waals surface area (Å²) in [6.45, 7) is 1.57. The van der Waals surface area contributed by atoms with E-state index in [1.54, 1.807) is 25.1 Å². The third-order valence-corrected chi connectivity index (χ3v) is 3.90. The Kier molecular flexibility index (Phi) is 6.91. The highest BCUT2D eigenvalue weighted by atomic mass is 35.5. The van der Waals surface area contributed by atoms with Crippen LogP contribution in [0.2, 0.25) is 10.0 Å². The standard InChI is InChI=1S/C18H19Cl2NO3/c1-12(17(22)7-13-5-3-2-4-6-13)21-18(23)11-24-16-9-14(19)8-15(20)10-16/h2-6,8-10,12,17,22H,7,11H2,1H3,(H,21,23)/t12-,17+/m0/s1. The van der Waals surface area contributed by atoms with Gasteiger partial charge in [0.1, 0.15) is 5.75 Å². The lowest BCUT2D eigenvalue weighted by atomic mass is 10.0. The first-order chi connectivity index (χ1) is 11.4. The molecule has 0 saturated carbocycles. The number of nitrogens with one attached hydrogen (secondary N) is 1. The first-order valence-electron chi connectivity index (χ1n) is 7.54. The van der Waals surface area contributed by atoms with Crippen molar-refractivity contribution >= 4 is 29.1 Å². The van der Waals surface area contributed by atoms with Crippen molar-refractivity contribution in [3.05, 3.63) is 64.1 Å². The van der Waals surface area contributed by atoms with Gasteiger partial charge in [-0.15, -0.1) is 0 Å². The van der Waals surface area contributed by atoms with Crippen molar-refractivity contribution < 1.29 is 14.6 Å². The Morgan fingerprint density at radius 2 is 1.79 bits per heavy atom. The van der Waals surface area contributed by atoms with Crippen molar-refractivity contribution in [2.75, 3.05) is 6.61 Å². The fraction of sp³-hybridized carbons (Fsp3) is 0.278. The van der Waals surface area contributed by atoms with Crippen molar-refractivity contribution in [2.24, 2.45) is 0 Å². The van der Waals surface area contributed by atoms with Crippen molar-refractivity contribution in [2.45, 2.75) is 25.5 Å². The van der Waals surface area contributed by atoms with Crippen molar-refractivity contribution in [1.29, 1.82) is 0 Å². The highest BCUT2D eigenvalue weighted by Gasteiger charge is 2.17. The minimum atomic E-state index is -0.683. The molecular formula is C18H19Cl2NO3. The molecule has 0 spiro atoms. The van der Waals surface area contributed by atoms with Gasteiger partial charge in [0.05, 0.1) is 12.1 Å². The molecule has 1 amide bonds. The van der Waals surface area contributed by atoms with E-state index in [1.807, 2.05) is 30.3 Å². The fourth-order valence-corrected chi connectivity index (χ4v) is 2.69. The zero-order valence-corrected chi connectivity index (χ0v) is 14.7. The minimum absolute atomic E-state index is 0.181. The summed E-state index contributed by atoms with van der Waals surface area (Å²) in [5.74, 6) is 0.0887. The largest absolute Gasteiger partial charge is 0.484 e. The normalized spacial score (nSPS) is 13.2. The number of rotatable bonds is 7. The SMILES string of the molecule is C[C@H](NC(=O)COc1cc(Cl)cc(Cl)c1)[C@H](O)Cc1ccccc1. The first-order valence-corrected chi connectivity index (χ1v) is 8.30. The predicted octanol–water partition coefficient (Wildman–Crippen LogP) is 3.48. The predicted molar refractivity (Wildman–Crippen MR) is 95.7 cm³/mol. The van der Waals surface area contributed by atoms with Crippen LogP contribution < -0.4 is 10.1 Å². The van der Waals surface area contributed by atoms with Crippen LogP contribution in [-0.4, -0.2) is 29.8 Å². The minimum Gasteiger partial charge on any atom is -0.484 e. The van der Waals surface area contributed by atoms with Gasteiger partial charge in [-0.1, -0.05) is 53.5 Å². The van der Waals surface area contributed by atoms with Crippen LogP contribution in [0, 0.1) is 0 Å². The summed E-state index contributed by atoms with van der Waals surface area (Å²) < 4.78 is 5.37. The number of benzene rings is 2. The Bertz CT molecular complexity index is 659. The molecule has 0 bridgehead atoms. The monoisotopic (exact) mass is 367 g/mol. The van der Waals surface area contributed by atoms with Crippen LogP contribution >= 0.6 is 23.2 Å². The number of amides is 1. The Morgan fingerprint density at radius 3 is 2.42 bits per heavy atom. The van der Waals surface area contributed by atoms with E-state index in [0.717, 1.165) is 5.56 Å². The number of carbonyl (C=O) groups excluding carboxylic acids is 1. The molecule has 0 aliphatic carbocycles. The third kappa shape index (κ3) is 6.04. The Morgan fingerprint density at radius 1 is 1.17 bits per heavy atom. The molecule has 0 fully saturated rings. The lowest BCUT2D eigenvalue weighted by Gasteiger charge is -2.20. The van der Waals surface area contributed by atoms with Gasteiger partial charge in [-0.3, -0.25) is 4.79 Å². The number of halogens is 2. The molecule has 2 rings (SSSR count). The van der Waals surface area contributed by atoms with E-state index in [0.29, 0.717) is 22.2 Å². The van der Waals surface area contributed by atoms with Crippen LogP contribution in [-0.2, 0) is 11.2 Å². The van der Waals surface area contributed by atoms with Crippen LogP contribution in [0.15, 0.2) is 48.5 Å². The van der Waals surface area contributed by atoms with E-state index >= 15 is 0 Å². The average molecular weight is 368 g/mol. The van der Waals surface area contributed by atoms with E-state index in [2.05, 4.69) is 5.32 Å². The van der Waals surface area contributed by atoms with Crippen LogP contribution in [0.1, 0.15) is 12.5 Å². The van der Waals surface area contributed by atoms with E-state index in [4.69, 9.17) is 27.9 Å². The molecule has 0 saturated heterocycles. The number of hydrogen-bond donors (Lipinski definition) is 2. The van der Waals surface area contributed by atoms with E-state index in [-0.39, 0.29) is 12.5 Å². The van der Waals surface area contributed by atoms with Crippen molar-refractivity contribution in [3.8, 4) is 5.75 Å². The molecule has 2 aromatic carbocycles. The molecule has 0 aliphatic heterocycles. The summed E-state index contributed by atoms with van der Waals surface area (Å²) in [6.07, 6.45) is -0.218. The zero-order valence-electron chi connectivity index (χ0n) is 13.2. The lowest BCUT2D eigenvalue weighted by Crippen LogP contribution is -2.44. The summed E-state index contributed by atoms with van der Waals surface area (Å²) in [4.78, 5) is 11.9. The molecular weight excluding hydrogens is 349 g/mol. The van der Waals surface area contributed by atoms with Crippen molar-refractivity contribution in [3.63, 3.8) is 0 Å². The second kappa shape index (κ2) is 8.92. The van der Waals surface area contributed by atoms with E-state index in [9.17, 15) is 9.90 Å². The van der Waals surface area contributed by atoms with Gasteiger partial charge in [0.25, 0.3) is 5.91 Å². The van der Waals surface area contributed by atoms with Crippen LogP contribution in [0.25, 0.3) is 0 Å². The maximum absolute atomic E-state index is 11.9. The van der Waals surface area contributed by atoms with Crippen LogP contribution in [0.3, 0.4) is 0 Å². The van der Waals surface area contributed by atoms with Gasteiger partial charge >= 0.3 is 0 Å². The maximum atomic E-state index is 11.9. The summed E-state index contributed by atoms with van der Waals surface area (Å²) >= 11 is 11.7. The second-order valence-electron chi connectivity index (χ2n) is 5.51. The molecule has 24 heavy (non-hydrogen) atoms. The number of hydrogen-bond acceptors (Lipinski definition) is 3. The van der Waals surface area contributed by atoms with Crippen LogP contribution in [0.4, 0.5) is 0 Å². The lowest BCUT2D eigenvalue weighted by molar-refractivity contribution is -0.124. The molecule has 6 heteroatoms. The molecule has 0 radical (unpaired) electrons. The molecule has 2 aromatic rings.